The third-order valence-corrected chi connectivity index (χ3v) is 3.70. The second-order valence-electron chi connectivity index (χ2n) is 4.38. The largest absolute Gasteiger partial charge is 0.490 e. The number of halogens is 1. The number of nitrogens with two attached hydrogens (primary N) is 1. The van der Waals surface area contributed by atoms with E-state index < -0.39 is 0 Å². The maximum Gasteiger partial charge on any atom is 0.171 e. The lowest BCUT2D eigenvalue weighted by Gasteiger charge is -2.12. The Kier molecular flexibility index (Phi) is 3.10. The fourth-order valence-corrected chi connectivity index (χ4v) is 2.57. The molecule has 0 saturated heterocycles. The molecule has 2 heterocycles. The van der Waals surface area contributed by atoms with Crippen molar-refractivity contribution in [2.24, 2.45) is 7.05 Å². The predicted octanol–water partition coefficient (Wildman–Crippen LogP) is 2.59. The zero-order valence-corrected chi connectivity index (χ0v) is 12.1. The number of nitrogens with zero attached hydrogens (tertiary/aromatic N) is 2. The van der Waals surface area contributed by atoms with E-state index in [9.17, 15) is 0 Å². The third kappa shape index (κ3) is 2.16. The Morgan fingerprint density at radius 3 is 2.84 bits per heavy atom. The second-order valence-corrected chi connectivity index (χ2v) is 5.23. The molecule has 1 aromatic heterocycles. The number of anilines is 1. The van der Waals surface area contributed by atoms with Crippen molar-refractivity contribution < 1.29 is 9.47 Å². The van der Waals surface area contributed by atoms with Crippen molar-refractivity contribution in [1.82, 2.24) is 9.78 Å². The standard InChI is InChI=1S/C13H14BrN3O2/c1-17-11(15)7-9(16-17)12-8(14)3-4-10-13(12)19-6-2-5-18-10/h3-4,7H,2,5-6,15H2,1H3. The molecule has 0 fully saturated rings. The first-order valence-electron chi connectivity index (χ1n) is 6.05. The van der Waals surface area contributed by atoms with Crippen LogP contribution in [-0.2, 0) is 7.05 Å². The van der Waals surface area contributed by atoms with Gasteiger partial charge in [0.2, 0.25) is 0 Å². The van der Waals surface area contributed by atoms with Gasteiger partial charge in [-0.2, -0.15) is 5.10 Å². The highest BCUT2D eigenvalue weighted by Gasteiger charge is 2.21. The van der Waals surface area contributed by atoms with Crippen LogP contribution in [0.15, 0.2) is 22.7 Å². The van der Waals surface area contributed by atoms with Crippen LogP contribution in [0.4, 0.5) is 5.82 Å². The highest BCUT2D eigenvalue weighted by molar-refractivity contribution is 9.10. The molecule has 0 aliphatic carbocycles. The third-order valence-electron chi connectivity index (χ3n) is 3.04. The number of benzene rings is 1. The second kappa shape index (κ2) is 4.77. The summed E-state index contributed by atoms with van der Waals surface area (Å²) in [7, 11) is 1.81. The molecule has 1 aliphatic rings. The molecule has 100 valence electrons. The van der Waals surface area contributed by atoms with Crippen LogP contribution in [0, 0.1) is 0 Å². The van der Waals surface area contributed by atoms with Gasteiger partial charge in [0.15, 0.2) is 11.5 Å². The summed E-state index contributed by atoms with van der Waals surface area (Å²) in [5, 5.41) is 4.41. The van der Waals surface area contributed by atoms with Crippen LogP contribution in [0.25, 0.3) is 11.3 Å². The molecule has 0 radical (unpaired) electrons. The number of hydrogen-bond acceptors (Lipinski definition) is 4. The Balaban J connectivity index is 2.19. The molecule has 0 unspecified atom stereocenters. The SMILES string of the molecule is Cn1nc(-c2c(Br)ccc3c2OCCCO3)cc1N. The normalized spacial score (nSPS) is 14.2. The van der Waals surface area contributed by atoms with Crippen LogP contribution in [0.3, 0.4) is 0 Å². The minimum absolute atomic E-state index is 0.606. The van der Waals surface area contributed by atoms with Crippen molar-refractivity contribution in [1.29, 1.82) is 0 Å². The van der Waals surface area contributed by atoms with Gasteiger partial charge in [0.05, 0.1) is 24.5 Å². The fraction of sp³-hybridized carbons (Fsp3) is 0.308. The average Bonchev–Trinajstić information content (AvgIpc) is 2.61. The maximum absolute atomic E-state index is 5.85. The summed E-state index contributed by atoms with van der Waals surface area (Å²) >= 11 is 3.55. The van der Waals surface area contributed by atoms with E-state index in [0.29, 0.717) is 19.0 Å². The van der Waals surface area contributed by atoms with Gasteiger partial charge in [-0.25, -0.2) is 0 Å². The fourth-order valence-electron chi connectivity index (χ4n) is 2.05. The zero-order valence-electron chi connectivity index (χ0n) is 10.5. The number of aryl methyl sites for hydroxylation is 1. The summed E-state index contributed by atoms with van der Waals surface area (Å²) in [5.41, 5.74) is 7.50. The molecule has 6 heteroatoms. The Morgan fingerprint density at radius 1 is 1.32 bits per heavy atom. The Labute approximate surface area is 119 Å². The van der Waals surface area contributed by atoms with Crippen LogP contribution < -0.4 is 15.2 Å². The molecular formula is C13H14BrN3O2. The first-order valence-corrected chi connectivity index (χ1v) is 6.84. The average molecular weight is 324 g/mol. The molecular weight excluding hydrogens is 310 g/mol. The highest BCUT2D eigenvalue weighted by atomic mass is 79.9. The van der Waals surface area contributed by atoms with E-state index in [1.54, 1.807) is 4.68 Å². The minimum atomic E-state index is 0.606. The van der Waals surface area contributed by atoms with Gasteiger partial charge < -0.3 is 15.2 Å². The van der Waals surface area contributed by atoms with Gasteiger partial charge >= 0.3 is 0 Å². The first-order chi connectivity index (χ1) is 9.16. The smallest absolute Gasteiger partial charge is 0.171 e. The number of rotatable bonds is 1. The van der Waals surface area contributed by atoms with Crippen molar-refractivity contribution in [3.05, 3.63) is 22.7 Å². The Hall–Kier alpha value is -1.69. The number of ether oxygens (including phenoxy) is 2. The molecule has 1 aromatic carbocycles. The number of fused-ring (bicyclic) bond motifs is 1. The molecule has 2 aromatic rings. The van der Waals surface area contributed by atoms with E-state index in [-0.39, 0.29) is 0 Å². The first kappa shape index (κ1) is 12.3. The summed E-state index contributed by atoms with van der Waals surface area (Å²) in [6.07, 6.45) is 0.871. The van der Waals surface area contributed by atoms with Crippen LogP contribution in [-0.4, -0.2) is 23.0 Å². The number of nitrogen functional groups attached to an aromatic ring is 1. The summed E-state index contributed by atoms with van der Waals surface area (Å²) in [5.74, 6) is 2.08. The van der Waals surface area contributed by atoms with Gasteiger partial charge in [0.1, 0.15) is 5.82 Å². The van der Waals surface area contributed by atoms with E-state index in [1.165, 1.54) is 0 Å². The van der Waals surface area contributed by atoms with Crippen molar-refractivity contribution >= 4 is 21.7 Å². The molecule has 19 heavy (non-hydrogen) atoms. The lowest BCUT2D eigenvalue weighted by atomic mass is 10.1. The highest BCUT2D eigenvalue weighted by Crippen LogP contribution is 2.43. The maximum atomic E-state index is 5.85. The van der Waals surface area contributed by atoms with Gasteiger partial charge in [0, 0.05) is 24.0 Å². The summed E-state index contributed by atoms with van der Waals surface area (Å²) in [4.78, 5) is 0. The van der Waals surface area contributed by atoms with Gasteiger partial charge in [-0.3, -0.25) is 4.68 Å². The minimum Gasteiger partial charge on any atom is -0.490 e. The lowest BCUT2D eigenvalue weighted by Crippen LogP contribution is -1.98. The van der Waals surface area contributed by atoms with E-state index in [0.717, 1.165) is 33.6 Å². The topological polar surface area (TPSA) is 62.3 Å². The molecule has 0 spiro atoms. The number of hydrogen-bond donors (Lipinski definition) is 1. The Morgan fingerprint density at radius 2 is 2.11 bits per heavy atom. The van der Waals surface area contributed by atoms with Crippen molar-refractivity contribution in [2.75, 3.05) is 18.9 Å². The molecule has 0 amide bonds. The quantitative estimate of drug-likeness (QED) is 0.876. The molecule has 5 nitrogen and oxygen atoms in total. The van der Waals surface area contributed by atoms with Crippen molar-refractivity contribution in [3.63, 3.8) is 0 Å². The van der Waals surface area contributed by atoms with E-state index in [1.807, 2.05) is 25.2 Å². The Bertz CT molecular complexity index is 605. The van der Waals surface area contributed by atoms with Crippen LogP contribution in [0.1, 0.15) is 6.42 Å². The molecule has 1 aliphatic heterocycles. The van der Waals surface area contributed by atoms with Crippen molar-refractivity contribution in [2.45, 2.75) is 6.42 Å². The predicted molar refractivity (Wildman–Crippen MR) is 76.4 cm³/mol. The van der Waals surface area contributed by atoms with Gasteiger partial charge in [-0.1, -0.05) is 0 Å². The van der Waals surface area contributed by atoms with Crippen LogP contribution in [0.5, 0.6) is 11.5 Å². The summed E-state index contributed by atoms with van der Waals surface area (Å²) in [6.45, 7) is 1.30. The monoisotopic (exact) mass is 323 g/mol. The van der Waals surface area contributed by atoms with E-state index in [4.69, 9.17) is 15.2 Å². The molecule has 0 saturated carbocycles. The van der Waals surface area contributed by atoms with Crippen molar-refractivity contribution in [3.8, 4) is 22.8 Å². The summed E-state index contributed by atoms with van der Waals surface area (Å²) < 4.78 is 14.1. The molecule has 0 bridgehead atoms. The van der Waals surface area contributed by atoms with Gasteiger partial charge in [0.25, 0.3) is 0 Å². The van der Waals surface area contributed by atoms with Crippen LogP contribution in [0.2, 0.25) is 0 Å². The van der Waals surface area contributed by atoms with E-state index >= 15 is 0 Å². The van der Waals surface area contributed by atoms with Crippen LogP contribution >= 0.6 is 15.9 Å². The van der Waals surface area contributed by atoms with E-state index in [2.05, 4.69) is 21.0 Å². The molecule has 3 rings (SSSR count). The van der Waals surface area contributed by atoms with Gasteiger partial charge in [-0.05, 0) is 28.1 Å². The molecule has 0 atom stereocenters. The lowest BCUT2D eigenvalue weighted by molar-refractivity contribution is 0.297. The molecule has 2 N–H and O–H groups in total. The number of aromatic nitrogens is 2. The summed E-state index contributed by atoms with van der Waals surface area (Å²) in [6, 6.07) is 5.67. The van der Waals surface area contributed by atoms with Gasteiger partial charge in [-0.15, -0.1) is 0 Å². The zero-order chi connectivity index (χ0) is 13.4.